The number of benzene rings is 1. The molecule has 1 N–H and O–H groups in total. The van der Waals surface area contributed by atoms with Gasteiger partial charge in [-0.25, -0.2) is 4.79 Å². The maximum Gasteiger partial charge on any atom is 0.410 e. The Bertz CT molecular complexity index is 629. The molecule has 0 spiro atoms. The van der Waals surface area contributed by atoms with Crippen LogP contribution in [0.2, 0.25) is 0 Å². The monoisotopic (exact) mass is 358 g/mol. The molecular weight excluding hydrogens is 332 g/mol. The quantitative estimate of drug-likeness (QED) is 0.791. The largest absolute Gasteiger partial charge is 0.445 e. The van der Waals surface area contributed by atoms with Gasteiger partial charge in [0.25, 0.3) is 0 Å². The lowest BCUT2D eigenvalue weighted by Crippen LogP contribution is -2.63. The van der Waals surface area contributed by atoms with E-state index in [0.717, 1.165) is 18.4 Å². The Hall–Kier alpha value is -2.10. The highest BCUT2D eigenvalue weighted by Crippen LogP contribution is 2.38. The summed E-state index contributed by atoms with van der Waals surface area (Å²) in [4.78, 5) is 14.4. The fourth-order valence-electron chi connectivity index (χ4n) is 4.03. The number of carbonyl (C=O) groups is 1. The van der Waals surface area contributed by atoms with Gasteiger partial charge < -0.3 is 14.6 Å². The predicted octanol–water partition coefficient (Wildman–Crippen LogP) is 3.00. The van der Waals surface area contributed by atoms with E-state index in [-0.39, 0.29) is 24.8 Å². The van der Waals surface area contributed by atoms with Gasteiger partial charge >= 0.3 is 6.09 Å². The molecule has 1 aromatic carbocycles. The molecule has 2 unspecified atom stereocenters. The normalized spacial score (nSPS) is 27.6. The van der Waals surface area contributed by atoms with E-state index in [1.165, 1.54) is 0 Å². The second kappa shape index (κ2) is 8.52. The van der Waals surface area contributed by atoms with Gasteiger partial charge in [-0.05, 0) is 37.7 Å². The molecule has 2 aliphatic heterocycles. The van der Waals surface area contributed by atoms with Crippen LogP contribution in [0.1, 0.15) is 44.1 Å². The van der Waals surface area contributed by atoms with Gasteiger partial charge in [-0.3, -0.25) is 4.90 Å². The second-order valence-electron chi connectivity index (χ2n) is 7.29. The zero-order chi connectivity index (χ0) is 18.4. The molecule has 1 amide bonds. The number of unbranched alkanes of at least 4 members (excludes halogenated alkanes) is 2. The predicted molar refractivity (Wildman–Crippen MR) is 95.1 cm³/mol. The van der Waals surface area contributed by atoms with E-state index in [9.17, 15) is 9.90 Å². The van der Waals surface area contributed by atoms with Crippen LogP contribution in [0.25, 0.3) is 0 Å². The van der Waals surface area contributed by atoms with Crippen molar-refractivity contribution in [1.29, 1.82) is 5.26 Å². The molecule has 6 nitrogen and oxygen atoms in total. The summed E-state index contributed by atoms with van der Waals surface area (Å²) in [6.07, 6.45) is 3.46. The van der Waals surface area contributed by atoms with Crippen molar-refractivity contribution in [2.24, 2.45) is 0 Å². The van der Waals surface area contributed by atoms with Crippen molar-refractivity contribution >= 4 is 6.09 Å². The molecule has 0 radical (unpaired) electrons. The smallest absolute Gasteiger partial charge is 0.410 e. The minimum atomic E-state index is -0.787. The highest BCUT2D eigenvalue weighted by atomic mass is 16.6. The van der Waals surface area contributed by atoms with Gasteiger partial charge in [-0.15, -0.1) is 0 Å². The van der Waals surface area contributed by atoms with E-state index >= 15 is 0 Å². The van der Waals surface area contributed by atoms with Gasteiger partial charge in [0.1, 0.15) is 6.61 Å². The maximum atomic E-state index is 12.6. The number of nitriles is 1. The summed E-state index contributed by atoms with van der Waals surface area (Å²) in [5, 5.41) is 19.6. The summed E-state index contributed by atoms with van der Waals surface area (Å²) in [7, 11) is 0. The van der Waals surface area contributed by atoms with Crippen LogP contribution in [-0.4, -0.2) is 47.0 Å². The first-order valence-electron chi connectivity index (χ1n) is 9.27. The SMILES string of the molecule is N#CCCCCC1(O)CC2COCC(C1)N2C(=O)OCc1ccccc1. The van der Waals surface area contributed by atoms with Crippen LogP contribution >= 0.6 is 0 Å². The highest BCUT2D eigenvalue weighted by Gasteiger charge is 2.48. The van der Waals surface area contributed by atoms with E-state index in [0.29, 0.717) is 38.9 Å². The molecule has 3 rings (SSSR count). The average molecular weight is 358 g/mol. The second-order valence-corrected chi connectivity index (χ2v) is 7.29. The highest BCUT2D eigenvalue weighted by molar-refractivity contribution is 5.69. The molecular formula is C20H26N2O4. The van der Waals surface area contributed by atoms with Crippen LogP contribution in [0.3, 0.4) is 0 Å². The first kappa shape index (κ1) is 18.7. The standard InChI is InChI=1S/C20H26N2O4/c21-10-6-2-5-9-20(24)11-17-14-25-15-18(12-20)22(17)19(23)26-13-16-7-3-1-4-8-16/h1,3-4,7-8,17-18,24H,2,5-6,9,11-15H2. The third kappa shape index (κ3) is 4.54. The van der Waals surface area contributed by atoms with E-state index in [1.807, 2.05) is 30.3 Å². The molecule has 0 aromatic heterocycles. The third-order valence-electron chi connectivity index (χ3n) is 5.24. The van der Waals surface area contributed by atoms with Crippen LogP contribution in [-0.2, 0) is 16.1 Å². The maximum absolute atomic E-state index is 12.6. The molecule has 140 valence electrons. The van der Waals surface area contributed by atoms with Crippen LogP contribution in [0.15, 0.2) is 30.3 Å². The Morgan fingerprint density at radius 2 is 1.96 bits per heavy atom. The lowest BCUT2D eigenvalue weighted by Gasteiger charge is -2.51. The Kier molecular flexibility index (Phi) is 6.12. The molecule has 2 heterocycles. The number of hydrogen-bond donors (Lipinski definition) is 1. The Labute approximate surface area is 154 Å². The van der Waals surface area contributed by atoms with Gasteiger partial charge in [0.05, 0.1) is 37.0 Å². The van der Waals surface area contributed by atoms with Crippen LogP contribution < -0.4 is 0 Å². The molecule has 0 saturated carbocycles. The van der Waals surface area contributed by atoms with Crippen LogP contribution in [0, 0.1) is 11.3 Å². The van der Waals surface area contributed by atoms with E-state index in [4.69, 9.17) is 14.7 Å². The molecule has 2 aliphatic rings. The van der Waals surface area contributed by atoms with Crippen molar-refractivity contribution in [2.45, 2.75) is 62.8 Å². The number of morpholine rings is 1. The Balaban J connectivity index is 1.58. The van der Waals surface area contributed by atoms with Gasteiger partial charge in [-0.1, -0.05) is 30.3 Å². The molecule has 0 aliphatic carbocycles. The fraction of sp³-hybridized carbons (Fsp3) is 0.600. The first-order chi connectivity index (χ1) is 12.6. The summed E-state index contributed by atoms with van der Waals surface area (Å²) in [6.45, 7) is 1.10. The molecule has 2 fully saturated rings. The summed E-state index contributed by atoms with van der Waals surface area (Å²) in [6, 6.07) is 11.4. The molecule has 2 bridgehead atoms. The van der Waals surface area contributed by atoms with Crippen molar-refractivity contribution in [3.05, 3.63) is 35.9 Å². The van der Waals surface area contributed by atoms with E-state index in [1.54, 1.807) is 4.90 Å². The number of hydrogen-bond acceptors (Lipinski definition) is 5. The molecule has 6 heteroatoms. The molecule has 26 heavy (non-hydrogen) atoms. The number of carbonyl (C=O) groups excluding carboxylic acids is 1. The fourth-order valence-corrected chi connectivity index (χ4v) is 4.03. The van der Waals surface area contributed by atoms with E-state index < -0.39 is 5.60 Å². The van der Waals surface area contributed by atoms with Gasteiger partial charge in [0.2, 0.25) is 0 Å². The average Bonchev–Trinajstić information content (AvgIpc) is 2.63. The molecule has 1 aromatic rings. The van der Waals surface area contributed by atoms with Crippen LogP contribution in [0.5, 0.6) is 0 Å². The van der Waals surface area contributed by atoms with Gasteiger partial charge in [-0.2, -0.15) is 5.26 Å². The first-order valence-corrected chi connectivity index (χ1v) is 9.27. The van der Waals surface area contributed by atoms with Crippen LogP contribution in [0.4, 0.5) is 4.79 Å². The minimum absolute atomic E-state index is 0.160. The number of aliphatic hydroxyl groups is 1. The lowest BCUT2D eigenvalue weighted by atomic mass is 9.78. The molecule has 2 saturated heterocycles. The molecule has 2 atom stereocenters. The summed E-state index contributed by atoms with van der Waals surface area (Å²) in [5.41, 5.74) is 0.165. The van der Waals surface area contributed by atoms with Crippen molar-refractivity contribution in [2.75, 3.05) is 13.2 Å². The van der Waals surface area contributed by atoms with Gasteiger partial charge in [0, 0.05) is 6.42 Å². The lowest BCUT2D eigenvalue weighted by molar-refractivity contribution is -0.136. The number of piperidine rings is 1. The number of fused-ring (bicyclic) bond motifs is 2. The van der Waals surface area contributed by atoms with Crippen molar-refractivity contribution in [3.63, 3.8) is 0 Å². The van der Waals surface area contributed by atoms with Crippen molar-refractivity contribution in [1.82, 2.24) is 4.90 Å². The summed E-state index contributed by atoms with van der Waals surface area (Å²) in [5.74, 6) is 0. The summed E-state index contributed by atoms with van der Waals surface area (Å²) >= 11 is 0. The Morgan fingerprint density at radius 3 is 2.62 bits per heavy atom. The third-order valence-corrected chi connectivity index (χ3v) is 5.24. The van der Waals surface area contributed by atoms with Crippen molar-refractivity contribution in [3.8, 4) is 6.07 Å². The minimum Gasteiger partial charge on any atom is -0.445 e. The number of amides is 1. The number of nitrogens with zero attached hydrogens (tertiary/aromatic N) is 2. The number of rotatable bonds is 6. The zero-order valence-corrected chi connectivity index (χ0v) is 15.0. The Morgan fingerprint density at radius 1 is 1.27 bits per heavy atom. The van der Waals surface area contributed by atoms with Crippen molar-refractivity contribution < 1.29 is 19.4 Å². The zero-order valence-electron chi connectivity index (χ0n) is 15.0. The van der Waals surface area contributed by atoms with Gasteiger partial charge in [0.15, 0.2) is 0 Å². The van der Waals surface area contributed by atoms with E-state index in [2.05, 4.69) is 6.07 Å². The summed E-state index contributed by atoms with van der Waals surface area (Å²) < 4.78 is 11.1. The topological polar surface area (TPSA) is 82.8 Å². The number of ether oxygens (including phenoxy) is 2.